The van der Waals surface area contributed by atoms with Gasteiger partial charge < -0.3 is 10.4 Å². The van der Waals surface area contributed by atoms with E-state index in [1.165, 1.54) is 11.3 Å². The van der Waals surface area contributed by atoms with E-state index < -0.39 is 5.97 Å². The predicted molar refractivity (Wildman–Crippen MR) is 81.5 cm³/mol. The zero-order valence-electron chi connectivity index (χ0n) is 12.6. The van der Waals surface area contributed by atoms with Gasteiger partial charge in [0.2, 0.25) is 5.91 Å². The quantitative estimate of drug-likeness (QED) is 0.838. The van der Waals surface area contributed by atoms with Gasteiger partial charge in [0.1, 0.15) is 11.1 Å². The summed E-state index contributed by atoms with van der Waals surface area (Å²) in [5.74, 6) is -1.29. The summed E-state index contributed by atoms with van der Waals surface area (Å²) in [7, 11) is 0. The van der Waals surface area contributed by atoms with Crippen molar-refractivity contribution < 1.29 is 14.7 Å². The fraction of sp³-hybridized carbons (Fsp3) is 0.500. The summed E-state index contributed by atoms with van der Waals surface area (Å²) in [6.45, 7) is 7.17. The highest BCUT2D eigenvalue weighted by Crippen LogP contribution is 2.31. The van der Waals surface area contributed by atoms with Crippen LogP contribution >= 0.6 is 11.3 Å². The Balaban J connectivity index is 2.80. The van der Waals surface area contributed by atoms with Crippen molar-refractivity contribution >= 4 is 28.2 Å². The number of carboxylic acids is 1. The third-order valence-corrected chi connectivity index (χ3v) is 4.29. The SMILES string of the molecule is Cc1sc(NC(=O)CN(CC(=O)O)C(C)C)c(C#N)c1C. The maximum Gasteiger partial charge on any atom is 0.317 e. The van der Waals surface area contributed by atoms with Gasteiger partial charge in [-0.3, -0.25) is 14.5 Å². The highest BCUT2D eigenvalue weighted by atomic mass is 32.1. The van der Waals surface area contributed by atoms with E-state index in [1.54, 1.807) is 4.90 Å². The Morgan fingerprint density at radius 2 is 2.00 bits per heavy atom. The standard InChI is InChI=1S/C14H19N3O3S/c1-8(2)17(7-13(19)20)6-12(18)16-14-11(5-15)9(3)10(4)21-14/h8H,6-7H2,1-4H3,(H,16,18)(H,19,20). The highest BCUT2D eigenvalue weighted by Gasteiger charge is 2.19. The Bertz CT molecular complexity index is 587. The second-order valence-electron chi connectivity index (χ2n) is 5.04. The van der Waals surface area contributed by atoms with Crippen LogP contribution in [0.15, 0.2) is 0 Å². The molecule has 21 heavy (non-hydrogen) atoms. The first kappa shape index (κ1) is 17.1. The van der Waals surface area contributed by atoms with Crippen molar-refractivity contribution in [3.05, 3.63) is 16.0 Å². The fourth-order valence-corrected chi connectivity index (χ4v) is 2.82. The zero-order valence-corrected chi connectivity index (χ0v) is 13.4. The van der Waals surface area contributed by atoms with Crippen LogP contribution in [0.25, 0.3) is 0 Å². The molecular weight excluding hydrogens is 290 g/mol. The lowest BCUT2D eigenvalue weighted by atomic mass is 10.2. The normalized spacial score (nSPS) is 10.7. The van der Waals surface area contributed by atoms with Crippen LogP contribution in [0.4, 0.5) is 5.00 Å². The summed E-state index contributed by atoms with van der Waals surface area (Å²) in [6, 6.07) is 2.03. The van der Waals surface area contributed by atoms with Gasteiger partial charge in [-0.15, -0.1) is 11.3 Å². The molecule has 0 atom stereocenters. The van der Waals surface area contributed by atoms with Gasteiger partial charge >= 0.3 is 5.97 Å². The number of anilines is 1. The Hall–Kier alpha value is -1.91. The van der Waals surface area contributed by atoms with E-state index in [-0.39, 0.29) is 25.0 Å². The molecule has 0 fully saturated rings. The smallest absolute Gasteiger partial charge is 0.317 e. The molecular formula is C14H19N3O3S. The number of hydrogen-bond donors (Lipinski definition) is 2. The van der Waals surface area contributed by atoms with Gasteiger partial charge in [-0.05, 0) is 33.3 Å². The third-order valence-electron chi connectivity index (χ3n) is 3.17. The number of nitrogens with one attached hydrogen (secondary N) is 1. The van der Waals surface area contributed by atoms with E-state index >= 15 is 0 Å². The summed E-state index contributed by atoms with van der Waals surface area (Å²) < 4.78 is 0. The van der Waals surface area contributed by atoms with Gasteiger partial charge in [-0.2, -0.15) is 5.26 Å². The minimum Gasteiger partial charge on any atom is -0.480 e. The molecule has 0 aliphatic heterocycles. The molecule has 0 unspecified atom stereocenters. The van der Waals surface area contributed by atoms with Crippen molar-refractivity contribution in [2.75, 3.05) is 18.4 Å². The molecule has 2 N–H and O–H groups in total. The third kappa shape index (κ3) is 4.55. The number of thiophene rings is 1. The van der Waals surface area contributed by atoms with Gasteiger partial charge in [0, 0.05) is 10.9 Å². The summed E-state index contributed by atoms with van der Waals surface area (Å²) in [6.07, 6.45) is 0. The van der Waals surface area contributed by atoms with Gasteiger partial charge in [-0.1, -0.05) is 0 Å². The molecule has 1 aromatic heterocycles. The van der Waals surface area contributed by atoms with Crippen LogP contribution in [0.2, 0.25) is 0 Å². The van der Waals surface area contributed by atoms with Crippen molar-refractivity contribution in [3.63, 3.8) is 0 Å². The number of aryl methyl sites for hydroxylation is 1. The molecule has 6 nitrogen and oxygen atoms in total. The Morgan fingerprint density at radius 1 is 1.38 bits per heavy atom. The summed E-state index contributed by atoms with van der Waals surface area (Å²) in [5.41, 5.74) is 1.34. The van der Waals surface area contributed by atoms with Crippen molar-refractivity contribution in [1.29, 1.82) is 5.26 Å². The molecule has 0 radical (unpaired) electrons. The average molecular weight is 309 g/mol. The van der Waals surface area contributed by atoms with Crippen LogP contribution < -0.4 is 5.32 Å². The zero-order chi connectivity index (χ0) is 16.2. The minimum absolute atomic E-state index is 0.0230. The van der Waals surface area contributed by atoms with Crippen LogP contribution in [0, 0.1) is 25.2 Å². The molecule has 1 amide bonds. The maximum atomic E-state index is 12.0. The first-order valence-electron chi connectivity index (χ1n) is 6.52. The highest BCUT2D eigenvalue weighted by molar-refractivity contribution is 7.16. The lowest BCUT2D eigenvalue weighted by Crippen LogP contribution is -2.41. The topological polar surface area (TPSA) is 93.4 Å². The van der Waals surface area contributed by atoms with Crippen LogP contribution in [0.3, 0.4) is 0 Å². The minimum atomic E-state index is -0.975. The van der Waals surface area contributed by atoms with E-state index in [1.807, 2.05) is 27.7 Å². The first-order chi connectivity index (χ1) is 9.76. The van der Waals surface area contributed by atoms with Gasteiger partial charge in [0.05, 0.1) is 18.7 Å². The fourth-order valence-electron chi connectivity index (χ4n) is 1.80. The number of aliphatic carboxylic acids is 1. The molecule has 114 valence electrons. The number of carbonyl (C=O) groups excluding carboxylic acids is 1. The summed E-state index contributed by atoms with van der Waals surface area (Å²) in [4.78, 5) is 25.4. The molecule has 0 aliphatic carbocycles. The van der Waals surface area contributed by atoms with E-state index in [4.69, 9.17) is 10.4 Å². The molecule has 7 heteroatoms. The predicted octanol–water partition coefficient (Wildman–Crippen LogP) is 1.97. The monoisotopic (exact) mass is 309 g/mol. The first-order valence-corrected chi connectivity index (χ1v) is 7.33. The largest absolute Gasteiger partial charge is 0.480 e. The lowest BCUT2D eigenvalue weighted by Gasteiger charge is -2.23. The Morgan fingerprint density at radius 3 is 2.48 bits per heavy atom. The van der Waals surface area contributed by atoms with Crippen molar-refractivity contribution in [1.82, 2.24) is 4.90 Å². The van der Waals surface area contributed by atoms with Gasteiger partial charge in [-0.25, -0.2) is 0 Å². The van der Waals surface area contributed by atoms with E-state index in [9.17, 15) is 9.59 Å². The van der Waals surface area contributed by atoms with Crippen LogP contribution in [-0.4, -0.2) is 41.0 Å². The Labute approximate surface area is 128 Å². The number of carboxylic acid groups (broad SMARTS) is 1. The molecule has 1 aromatic rings. The molecule has 1 heterocycles. The van der Waals surface area contributed by atoms with Gasteiger partial charge in [0.15, 0.2) is 0 Å². The number of nitriles is 1. The van der Waals surface area contributed by atoms with E-state index in [0.29, 0.717) is 10.6 Å². The molecule has 0 saturated carbocycles. The van der Waals surface area contributed by atoms with E-state index in [0.717, 1.165) is 10.4 Å². The molecule has 0 aliphatic rings. The van der Waals surface area contributed by atoms with Crippen LogP contribution in [0.5, 0.6) is 0 Å². The van der Waals surface area contributed by atoms with Crippen LogP contribution in [-0.2, 0) is 9.59 Å². The number of hydrogen-bond acceptors (Lipinski definition) is 5. The molecule has 0 aromatic carbocycles. The summed E-state index contributed by atoms with van der Waals surface area (Å²) in [5, 5.41) is 21.2. The molecule has 0 saturated heterocycles. The number of rotatable bonds is 6. The number of nitrogens with zero attached hydrogens (tertiary/aromatic N) is 2. The maximum absolute atomic E-state index is 12.0. The van der Waals surface area contributed by atoms with Crippen LogP contribution in [0.1, 0.15) is 29.9 Å². The van der Waals surface area contributed by atoms with E-state index in [2.05, 4.69) is 11.4 Å². The van der Waals surface area contributed by atoms with Gasteiger partial charge in [0.25, 0.3) is 0 Å². The number of carbonyl (C=O) groups is 2. The van der Waals surface area contributed by atoms with Crippen molar-refractivity contribution in [2.24, 2.45) is 0 Å². The van der Waals surface area contributed by atoms with Crippen molar-refractivity contribution in [2.45, 2.75) is 33.7 Å². The molecule has 1 rings (SSSR count). The Kier molecular flexibility index (Phi) is 5.88. The second kappa shape index (κ2) is 7.20. The number of amides is 1. The molecule has 0 bridgehead atoms. The summed E-state index contributed by atoms with van der Waals surface area (Å²) >= 11 is 1.35. The molecule has 0 spiro atoms. The van der Waals surface area contributed by atoms with Crippen molar-refractivity contribution in [3.8, 4) is 6.07 Å². The average Bonchev–Trinajstić information content (AvgIpc) is 2.62. The lowest BCUT2D eigenvalue weighted by molar-refractivity contribution is -0.139. The second-order valence-corrected chi connectivity index (χ2v) is 6.26.